The van der Waals surface area contributed by atoms with Crippen molar-refractivity contribution in [3.8, 4) is 5.75 Å². The van der Waals surface area contributed by atoms with Crippen LogP contribution in [0, 0.1) is 6.92 Å². The minimum Gasteiger partial charge on any atom is -0.493 e. The maximum absolute atomic E-state index is 13.5. The third-order valence-electron chi connectivity index (χ3n) is 8.01. The first-order valence-electron chi connectivity index (χ1n) is 14.1. The molecule has 6 rings (SSSR count). The lowest BCUT2D eigenvalue weighted by molar-refractivity contribution is 0.0246. The molecule has 5 heteroatoms. The summed E-state index contributed by atoms with van der Waals surface area (Å²) in [4.78, 5) is 15.8. The third kappa shape index (κ3) is 3.80. The van der Waals surface area contributed by atoms with E-state index >= 15 is 0 Å². The molecule has 0 bridgehead atoms. The highest BCUT2D eigenvalue weighted by molar-refractivity contribution is 5.99. The molecule has 1 aromatic heterocycles. The number of carbonyl (C=O) groups is 1. The predicted octanol–water partition coefficient (Wildman–Crippen LogP) is 7.99. The highest BCUT2D eigenvalue weighted by Gasteiger charge is 2.52. The van der Waals surface area contributed by atoms with Gasteiger partial charge in [-0.1, -0.05) is 54.6 Å². The monoisotopic (exact) mass is 530 g/mol. The fourth-order valence-corrected chi connectivity index (χ4v) is 6.39. The van der Waals surface area contributed by atoms with Gasteiger partial charge in [0.25, 0.3) is 0 Å². The Balaban J connectivity index is 1.67. The van der Waals surface area contributed by atoms with Crippen molar-refractivity contribution in [3.63, 3.8) is 0 Å². The number of para-hydroxylation sites is 2. The van der Waals surface area contributed by atoms with Crippen molar-refractivity contribution in [1.82, 2.24) is 4.57 Å². The fraction of sp³-hybridized carbons (Fsp3) is 0.229. The summed E-state index contributed by atoms with van der Waals surface area (Å²) in [5.41, 5.74) is 6.37. The van der Waals surface area contributed by atoms with Crippen molar-refractivity contribution in [1.29, 1.82) is 0 Å². The number of fused-ring (bicyclic) bond motifs is 2. The van der Waals surface area contributed by atoms with Gasteiger partial charge in [-0.05, 0) is 64.1 Å². The van der Waals surface area contributed by atoms with Crippen LogP contribution in [-0.2, 0) is 16.9 Å². The quantitative estimate of drug-likeness (QED) is 0.191. The molecule has 4 aromatic carbocycles. The second-order valence-corrected chi connectivity index (χ2v) is 10.0. The Morgan fingerprint density at radius 3 is 2.30 bits per heavy atom. The van der Waals surface area contributed by atoms with E-state index < -0.39 is 5.60 Å². The smallest absolute Gasteiger partial charge is 0.340 e. The van der Waals surface area contributed by atoms with Gasteiger partial charge in [0, 0.05) is 63.8 Å². The molecule has 0 spiro atoms. The SMILES string of the molecule is CCOc1cc(N(CC)c2ccccc2)ccc1C1(c2c(C)n(CC)c3ccccc23)OC(=O)c2ccccc21. The summed E-state index contributed by atoms with van der Waals surface area (Å²) in [6, 6.07) is 32.7. The molecule has 0 radical (unpaired) electrons. The van der Waals surface area contributed by atoms with Crippen molar-refractivity contribution in [3.05, 3.63) is 125 Å². The van der Waals surface area contributed by atoms with Crippen LogP contribution >= 0.6 is 0 Å². The summed E-state index contributed by atoms with van der Waals surface area (Å²) in [5.74, 6) is 0.376. The average molecular weight is 531 g/mol. The zero-order chi connectivity index (χ0) is 27.9. The van der Waals surface area contributed by atoms with Crippen LogP contribution in [0.4, 0.5) is 11.4 Å². The molecule has 2 heterocycles. The van der Waals surface area contributed by atoms with E-state index in [4.69, 9.17) is 9.47 Å². The summed E-state index contributed by atoms with van der Waals surface area (Å²) < 4.78 is 15.3. The molecule has 0 N–H and O–H groups in total. The molecule has 0 saturated heterocycles. The summed E-state index contributed by atoms with van der Waals surface area (Å²) >= 11 is 0. The van der Waals surface area contributed by atoms with Gasteiger partial charge in [-0.15, -0.1) is 0 Å². The van der Waals surface area contributed by atoms with Gasteiger partial charge in [0.2, 0.25) is 0 Å². The highest BCUT2D eigenvalue weighted by Crippen LogP contribution is 2.53. The molecule has 0 amide bonds. The zero-order valence-electron chi connectivity index (χ0n) is 23.5. The number of carbonyl (C=O) groups excluding carboxylic acids is 1. The Bertz CT molecular complexity index is 1710. The van der Waals surface area contributed by atoms with E-state index in [1.807, 2.05) is 55.5 Å². The van der Waals surface area contributed by atoms with E-state index in [0.717, 1.165) is 57.8 Å². The van der Waals surface area contributed by atoms with Crippen LogP contribution < -0.4 is 9.64 Å². The molecule has 40 heavy (non-hydrogen) atoms. The number of cyclic esters (lactones) is 1. The second kappa shape index (κ2) is 10.2. The summed E-state index contributed by atoms with van der Waals surface area (Å²) in [5, 5.41) is 1.07. The lowest BCUT2D eigenvalue weighted by Gasteiger charge is -2.33. The molecule has 0 aliphatic carbocycles. The molecule has 0 saturated carbocycles. The molecule has 5 nitrogen and oxygen atoms in total. The molecule has 1 atom stereocenters. The number of hydrogen-bond donors (Lipinski definition) is 0. The van der Waals surface area contributed by atoms with Crippen LogP contribution in [0.3, 0.4) is 0 Å². The standard InChI is InChI=1S/C35H34N2O3/c1-5-36-24(4)33(28-18-12-14-20-31(28)36)35(29-19-13-11-17-27(29)34(38)40-35)30-22-21-26(23-32(30)39-7-3)37(6-2)25-15-9-8-10-16-25/h8-23H,5-7H2,1-4H3. The minimum absolute atomic E-state index is 0.325. The Hall–Kier alpha value is -4.51. The lowest BCUT2D eigenvalue weighted by Crippen LogP contribution is -2.31. The van der Waals surface area contributed by atoms with Crippen molar-refractivity contribution < 1.29 is 14.3 Å². The summed E-state index contributed by atoms with van der Waals surface area (Å²) in [7, 11) is 0. The second-order valence-electron chi connectivity index (χ2n) is 10.0. The zero-order valence-corrected chi connectivity index (χ0v) is 23.5. The third-order valence-corrected chi connectivity index (χ3v) is 8.01. The van der Waals surface area contributed by atoms with E-state index in [-0.39, 0.29) is 5.97 Å². The topological polar surface area (TPSA) is 43.7 Å². The van der Waals surface area contributed by atoms with Gasteiger partial charge in [0.15, 0.2) is 5.60 Å². The summed E-state index contributed by atoms with van der Waals surface area (Å²) in [6.45, 7) is 10.5. The van der Waals surface area contributed by atoms with E-state index in [1.165, 1.54) is 0 Å². The molecular weight excluding hydrogens is 496 g/mol. The van der Waals surface area contributed by atoms with Gasteiger partial charge in [0.05, 0.1) is 12.2 Å². The number of hydrogen-bond acceptors (Lipinski definition) is 4. The number of aryl methyl sites for hydroxylation is 1. The first kappa shape index (κ1) is 25.8. The fourth-order valence-electron chi connectivity index (χ4n) is 6.39. The average Bonchev–Trinajstić information content (AvgIpc) is 3.45. The van der Waals surface area contributed by atoms with E-state index in [2.05, 4.69) is 78.8 Å². The number of ether oxygens (including phenoxy) is 2. The number of benzene rings is 4. The van der Waals surface area contributed by atoms with Crippen molar-refractivity contribution in [2.75, 3.05) is 18.1 Å². The van der Waals surface area contributed by atoms with Crippen molar-refractivity contribution >= 4 is 28.2 Å². The maximum Gasteiger partial charge on any atom is 0.340 e. The van der Waals surface area contributed by atoms with Gasteiger partial charge >= 0.3 is 5.97 Å². The largest absolute Gasteiger partial charge is 0.493 e. The molecule has 1 aliphatic heterocycles. The van der Waals surface area contributed by atoms with Crippen LogP contribution in [0.2, 0.25) is 0 Å². The Morgan fingerprint density at radius 1 is 0.825 bits per heavy atom. The van der Waals surface area contributed by atoms with Crippen molar-refractivity contribution in [2.45, 2.75) is 39.8 Å². The number of anilines is 2. The molecule has 202 valence electrons. The number of rotatable bonds is 8. The lowest BCUT2D eigenvalue weighted by atomic mass is 9.78. The minimum atomic E-state index is -1.16. The van der Waals surface area contributed by atoms with Crippen molar-refractivity contribution in [2.24, 2.45) is 0 Å². The molecular formula is C35H34N2O3. The molecule has 0 fully saturated rings. The van der Waals surface area contributed by atoms with E-state index in [1.54, 1.807) is 0 Å². The Morgan fingerprint density at radius 2 is 1.55 bits per heavy atom. The van der Waals surface area contributed by atoms with E-state index in [0.29, 0.717) is 17.9 Å². The first-order valence-corrected chi connectivity index (χ1v) is 14.1. The molecule has 5 aromatic rings. The van der Waals surface area contributed by atoms with Crippen LogP contribution in [0.5, 0.6) is 5.75 Å². The highest BCUT2D eigenvalue weighted by atomic mass is 16.6. The Kier molecular flexibility index (Phi) is 6.59. The van der Waals surface area contributed by atoms with Crippen LogP contribution in [0.1, 0.15) is 53.5 Å². The van der Waals surface area contributed by atoms with Crippen LogP contribution in [-0.4, -0.2) is 23.7 Å². The van der Waals surface area contributed by atoms with Gasteiger partial charge in [-0.25, -0.2) is 4.79 Å². The van der Waals surface area contributed by atoms with Crippen LogP contribution in [0.15, 0.2) is 97.1 Å². The predicted molar refractivity (Wildman–Crippen MR) is 161 cm³/mol. The van der Waals surface area contributed by atoms with Gasteiger partial charge in [-0.2, -0.15) is 0 Å². The van der Waals surface area contributed by atoms with Crippen LogP contribution in [0.25, 0.3) is 10.9 Å². The summed E-state index contributed by atoms with van der Waals surface area (Å²) in [6.07, 6.45) is 0. The Labute approximate surface area is 235 Å². The maximum atomic E-state index is 13.5. The number of aromatic nitrogens is 1. The first-order chi connectivity index (χ1) is 19.5. The van der Waals surface area contributed by atoms with Gasteiger partial charge in [0.1, 0.15) is 5.75 Å². The van der Waals surface area contributed by atoms with Gasteiger partial charge in [-0.3, -0.25) is 0 Å². The normalized spacial score (nSPS) is 16.1. The van der Waals surface area contributed by atoms with Gasteiger partial charge < -0.3 is 18.9 Å². The molecule has 1 aliphatic rings. The number of esters is 1. The molecule has 1 unspecified atom stereocenters. The number of nitrogens with zero attached hydrogens (tertiary/aromatic N) is 2. The van der Waals surface area contributed by atoms with E-state index in [9.17, 15) is 4.79 Å².